The molecule has 4 N–H and O–H groups in total. The smallest absolute Gasteiger partial charge is 0.255 e. The molecule has 0 unspecified atom stereocenters. The number of H-pyrrole nitrogens is 1. The van der Waals surface area contributed by atoms with Crippen LogP contribution in [0.5, 0.6) is 0 Å². The molecule has 1 aromatic heterocycles. The van der Waals surface area contributed by atoms with Crippen molar-refractivity contribution < 1.29 is 9.59 Å². The number of fused-ring (bicyclic) bond motifs is 3. The van der Waals surface area contributed by atoms with Crippen LogP contribution in [0.1, 0.15) is 49.9 Å². The summed E-state index contributed by atoms with van der Waals surface area (Å²) in [4.78, 5) is 28.1. The number of para-hydroxylation sites is 1. The number of amides is 2. The van der Waals surface area contributed by atoms with Crippen LogP contribution in [0, 0.1) is 5.92 Å². The lowest BCUT2D eigenvalue weighted by Crippen LogP contribution is -2.54. The summed E-state index contributed by atoms with van der Waals surface area (Å²) in [7, 11) is 0. The molecule has 1 aromatic carbocycles. The Kier molecular flexibility index (Phi) is 4.21. The summed E-state index contributed by atoms with van der Waals surface area (Å²) in [6.45, 7) is 2.05. The van der Waals surface area contributed by atoms with Crippen molar-refractivity contribution in [3.05, 3.63) is 35.5 Å². The molecule has 1 fully saturated rings. The second-order valence-electron chi connectivity index (χ2n) is 7.17. The molecule has 2 amide bonds. The molecule has 4 rings (SSSR count). The molecule has 2 heterocycles. The van der Waals surface area contributed by atoms with Crippen molar-refractivity contribution in [2.75, 3.05) is 0 Å². The highest BCUT2D eigenvalue weighted by atomic mass is 16.2. The predicted octanol–water partition coefficient (Wildman–Crippen LogP) is 2.08. The quantitative estimate of drug-likeness (QED) is 0.632. The van der Waals surface area contributed by atoms with Crippen molar-refractivity contribution >= 4 is 22.7 Å². The fraction of sp³-hybridized carbons (Fsp3) is 0.474. The third-order valence-electron chi connectivity index (χ3n) is 5.49. The Bertz CT molecular complexity index is 807. The lowest BCUT2D eigenvalue weighted by Gasteiger charge is -2.28. The molecule has 0 saturated heterocycles. The van der Waals surface area contributed by atoms with E-state index in [-0.39, 0.29) is 29.8 Å². The fourth-order valence-electron chi connectivity index (χ4n) is 4.13. The summed E-state index contributed by atoms with van der Waals surface area (Å²) < 4.78 is 0. The van der Waals surface area contributed by atoms with Crippen molar-refractivity contribution in [1.29, 1.82) is 0 Å². The highest BCUT2D eigenvalue weighted by molar-refractivity contribution is 5.89. The molecule has 2 aliphatic rings. The summed E-state index contributed by atoms with van der Waals surface area (Å²) in [5, 5.41) is 4.50. The zero-order valence-corrected chi connectivity index (χ0v) is 14.4. The minimum Gasteiger partial charge on any atom is -0.357 e. The highest BCUT2D eigenvalue weighted by Gasteiger charge is 2.31. The van der Waals surface area contributed by atoms with Crippen molar-refractivity contribution in [2.45, 2.75) is 51.1 Å². The molecular formula is C19H24N4O2. The van der Waals surface area contributed by atoms with E-state index in [0.717, 1.165) is 36.9 Å². The molecule has 6 nitrogen and oxygen atoms in total. The van der Waals surface area contributed by atoms with E-state index in [2.05, 4.69) is 33.3 Å². The zero-order chi connectivity index (χ0) is 17.4. The third-order valence-corrected chi connectivity index (χ3v) is 5.49. The molecule has 2 aromatic rings. The minimum atomic E-state index is -0.356. The Labute approximate surface area is 146 Å². The van der Waals surface area contributed by atoms with Gasteiger partial charge in [-0.2, -0.15) is 0 Å². The van der Waals surface area contributed by atoms with E-state index in [1.54, 1.807) is 0 Å². The normalized spacial score (nSPS) is 23.4. The number of aromatic nitrogens is 1. The van der Waals surface area contributed by atoms with Gasteiger partial charge in [-0.05, 0) is 37.8 Å². The van der Waals surface area contributed by atoms with Gasteiger partial charge in [-0.25, -0.2) is 0 Å². The number of aromatic amines is 1. The van der Waals surface area contributed by atoms with Crippen LogP contribution < -0.4 is 16.2 Å². The van der Waals surface area contributed by atoms with Crippen molar-refractivity contribution in [1.82, 2.24) is 21.2 Å². The van der Waals surface area contributed by atoms with Gasteiger partial charge in [0, 0.05) is 28.6 Å². The molecule has 2 atom stereocenters. The summed E-state index contributed by atoms with van der Waals surface area (Å²) in [6, 6.07) is 7.85. The van der Waals surface area contributed by atoms with Gasteiger partial charge >= 0.3 is 0 Å². The average molecular weight is 340 g/mol. The number of rotatable bonds is 2. The number of carbonyl (C=O) groups excluding carboxylic acids is 2. The molecule has 0 spiro atoms. The second kappa shape index (κ2) is 6.52. The van der Waals surface area contributed by atoms with Crippen LogP contribution in [-0.4, -0.2) is 22.8 Å². The number of hydrogen-bond donors (Lipinski definition) is 4. The average Bonchev–Trinajstić information content (AvgIpc) is 3.27. The number of hydrazine groups is 1. The van der Waals surface area contributed by atoms with E-state index >= 15 is 0 Å². The molecule has 6 heteroatoms. The van der Waals surface area contributed by atoms with Crippen LogP contribution in [0.3, 0.4) is 0 Å². The van der Waals surface area contributed by atoms with Crippen molar-refractivity contribution in [3.8, 4) is 0 Å². The highest BCUT2D eigenvalue weighted by Crippen LogP contribution is 2.31. The molecule has 0 bridgehead atoms. The fourth-order valence-corrected chi connectivity index (χ4v) is 4.13. The lowest BCUT2D eigenvalue weighted by molar-refractivity contribution is -0.132. The monoisotopic (exact) mass is 340 g/mol. The molecular weight excluding hydrogens is 316 g/mol. The summed E-state index contributed by atoms with van der Waals surface area (Å²) in [6.07, 6.45) is 4.63. The van der Waals surface area contributed by atoms with E-state index in [9.17, 15) is 9.59 Å². The van der Waals surface area contributed by atoms with E-state index in [4.69, 9.17) is 0 Å². The topological polar surface area (TPSA) is 86.0 Å². The van der Waals surface area contributed by atoms with Gasteiger partial charge < -0.3 is 4.98 Å². The Morgan fingerprint density at radius 1 is 1.08 bits per heavy atom. The molecule has 1 aliphatic carbocycles. The Hall–Kier alpha value is -2.34. The van der Waals surface area contributed by atoms with Crippen LogP contribution in [0.25, 0.3) is 10.9 Å². The maximum atomic E-state index is 12.5. The minimum absolute atomic E-state index is 0.0405. The number of carbonyl (C=O) groups is 2. The van der Waals surface area contributed by atoms with E-state index in [1.807, 2.05) is 19.1 Å². The molecule has 0 radical (unpaired) electrons. The summed E-state index contributed by atoms with van der Waals surface area (Å²) >= 11 is 0. The standard InChI is InChI=1S/C19H24N4O2/c1-11-17-14(13-8-4-5-9-15(13)21-17)10-16(20-11)19(25)23-22-18(24)12-6-2-3-7-12/h4-5,8-9,11-12,16,20-21H,2-3,6-7,10H2,1H3,(H,22,24)(H,23,25)/t11-,16-/m0/s1. The van der Waals surface area contributed by atoms with E-state index in [1.165, 1.54) is 10.9 Å². The first-order valence-corrected chi connectivity index (χ1v) is 9.08. The van der Waals surface area contributed by atoms with Gasteiger partial charge in [0.2, 0.25) is 5.91 Å². The summed E-state index contributed by atoms with van der Waals surface area (Å²) in [5.41, 5.74) is 8.63. The molecule has 25 heavy (non-hydrogen) atoms. The maximum Gasteiger partial charge on any atom is 0.255 e. The first kappa shape index (κ1) is 16.1. The molecule has 132 valence electrons. The number of nitrogens with one attached hydrogen (secondary N) is 4. The van der Waals surface area contributed by atoms with Crippen LogP contribution >= 0.6 is 0 Å². The van der Waals surface area contributed by atoms with Gasteiger partial charge in [0.25, 0.3) is 5.91 Å². The SMILES string of the molecule is C[C@@H]1N[C@H](C(=O)NNC(=O)C2CCCC2)Cc2c1[nH]c1ccccc21. The second-order valence-corrected chi connectivity index (χ2v) is 7.17. The van der Waals surface area contributed by atoms with Crippen LogP contribution in [-0.2, 0) is 16.0 Å². The van der Waals surface area contributed by atoms with E-state index in [0.29, 0.717) is 6.42 Å². The Morgan fingerprint density at radius 3 is 2.60 bits per heavy atom. The maximum absolute atomic E-state index is 12.5. The lowest BCUT2D eigenvalue weighted by atomic mass is 9.94. The largest absolute Gasteiger partial charge is 0.357 e. The predicted molar refractivity (Wildman–Crippen MR) is 95.6 cm³/mol. The Balaban J connectivity index is 1.45. The van der Waals surface area contributed by atoms with Gasteiger partial charge in [-0.1, -0.05) is 31.0 Å². The zero-order valence-electron chi connectivity index (χ0n) is 14.4. The first-order valence-electron chi connectivity index (χ1n) is 9.08. The van der Waals surface area contributed by atoms with Crippen LogP contribution in [0.2, 0.25) is 0 Å². The van der Waals surface area contributed by atoms with Gasteiger partial charge in [0.15, 0.2) is 0 Å². The Morgan fingerprint density at radius 2 is 1.80 bits per heavy atom. The van der Waals surface area contributed by atoms with Gasteiger partial charge in [0.1, 0.15) is 0 Å². The van der Waals surface area contributed by atoms with Gasteiger partial charge in [-0.15, -0.1) is 0 Å². The van der Waals surface area contributed by atoms with E-state index < -0.39 is 0 Å². The number of benzene rings is 1. The number of hydrogen-bond acceptors (Lipinski definition) is 3. The molecule has 1 saturated carbocycles. The third kappa shape index (κ3) is 3.02. The molecule has 1 aliphatic heterocycles. The van der Waals surface area contributed by atoms with Crippen LogP contribution in [0.4, 0.5) is 0 Å². The first-order chi connectivity index (χ1) is 12.1. The van der Waals surface area contributed by atoms with Crippen molar-refractivity contribution in [3.63, 3.8) is 0 Å². The summed E-state index contributed by atoms with van der Waals surface area (Å²) in [5.74, 6) is -0.213. The van der Waals surface area contributed by atoms with Crippen molar-refractivity contribution in [2.24, 2.45) is 5.92 Å². The van der Waals surface area contributed by atoms with Gasteiger partial charge in [0.05, 0.1) is 6.04 Å². The van der Waals surface area contributed by atoms with Gasteiger partial charge in [-0.3, -0.25) is 25.8 Å². The van der Waals surface area contributed by atoms with Crippen LogP contribution in [0.15, 0.2) is 24.3 Å².